The largest absolute Gasteiger partial charge is 0.378 e. The second-order valence-corrected chi connectivity index (χ2v) is 7.86. The normalized spacial score (nSPS) is 10.6. The summed E-state index contributed by atoms with van der Waals surface area (Å²) >= 11 is 0. The first-order chi connectivity index (χ1) is 11.7. The van der Waals surface area contributed by atoms with Gasteiger partial charge < -0.3 is 4.90 Å². The molecule has 2 nitrogen and oxygen atoms in total. The number of nitrogens with zero attached hydrogens (tertiary/aromatic N) is 1. The molecule has 0 radical (unpaired) electrons. The highest BCUT2D eigenvalue weighted by Gasteiger charge is 2.23. The van der Waals surface area contributed by atoms with Crippen molar-refractivity contribution in [3.63, 3.8) is 0 Å². The lowest BCUT2D eigenvalue weighted by atomic mass is 10.2. The van der Waals surface area contributed by atoms with Gasteiger partial charge in [-0.1, -0.05) is 60.7 Å². The highest BCUT2D eigenvalue weighted by atomic mass is 31.1. The van der Waals surface area contributed by atoms with Gasteiger partial charge >= 0.3 is 0 Å². The molecule has 0 N–H and O–H groups in total. The van der Waals surface area contributed by atoms with Crippen molar-refractivity contribution in [3.05, 3.63) is 90.5 Å². The molecule has 24 heavy (non-hydrogen) atoms. The SMILES string of the molecule is CN(C)c1ccc(C(=O)P(c2ccccc2)c2ccccc2)cc1. The zero-order chi connectivity index (χ0) is 16.9. The lowest BCUT2D eigenvalue weighted by Crippen LogP contribution is -2.18. The van der Waals surface area contributed by atoms with E-state index in [1.165, 1.54) is 0 Å². The Labute approximate surface area is 144 Å². The molecule has 3 aromatic rings. The van der Waals surface area contributed by atoms with E-state index < -0.39 is 7.92 Å². The summed E-state index contributed by atoms with van der Waals surface area (Å²) in [6.45, 7) is 0. The highest BCUT2D eigenvalue weighted by Crippen LogP contribution is 2.37. The van der Waals surface area contributed by atoms with Crippen LogP contribution in [0.25, 0.3) is 0 Å². The van der Waals surface area contributed by atoms with Crippen molar-refractivity contribution in [2.45, 2.75) is 0 Å². The Bertz CT molecular complexity index is 759. The number of anilines is 1. The Morgan fingerprint density at radius 1 is 0.708 bits per heavy atom. The minimum Gasteiger partial charge on any atom is -0.378 e. The van der Waals surface area contributed by atoms with Crippen molar-refractivity contribution in [3.8, 4) is 0 Å². The minimum atomic E-state index is -1.07. The van der Waals surface area contributed by atoms with Crippen molar-refractivity contribution < 1.29 is 4.79 Å². The first-order valence-electron chi connectivity index (χ1n) is 7.89. The van der Waals surface area contributed by atoms with Crippen molar-refractivity contribution in [1.29, 1.82) is 0 Å². The number of carbonyl (C=O) groups excluding carboxylic acids is 1. The van der Waals surface area contributed by atoms with Crippen LogP contribution >= 0.6 is 7.92 Å². The van der Waals surface area contributed by atoms with Gasteiger partial charge in [0.1, 0.15) is 0 Å². The molecule has 0 heterocycles. The van der Waals surface area contributed by atoms with Gasteiger partial charge in [-0.2, -0.15) is 0 Å². The number of hydrogen-bond acceptors (Lipinski definition) is 2. The van der Waals surface area contributed by atoms with Crippen LogP contribution in [0.3, 0.4) is 0 Å². The molecule has 3 aromatic carbocycles. The van der Waals surface area contributed by atoms with Gasteiger partial charge in [-0.25, -0.2) is 0 Å². The summed E-state index contributed by atoms with van der Waals surface area (Å²) in [5.74, 6) is 0. The number of hydrogen-bond donors (Lipinski definition) is 0. The lowest BCUT2D eigenvalue weighted by molar-refractivity contribution is 0.108. The smallest absolute Gasteiger partial charge is 0.193 e. The summed E-state index contributed by atoms with van der Waals surface area (Å²) in [6, 6.07) is 28.0. The molecule has 0 aliphatic heterocycles. The van der Waals surface area contributed by atoms with E-state index in [0.29, 0.717) is 0 Å². The zero-order valence-corrected chi connectivity index (χ0v) is 14.8. The van der Waals surface area contributed by atoms with Crippen molar-refractivity contribution in [2.75, 3.05) is 19.0 Å². The van der Waals surface area contributed by atoms with Crippen LogP contribution in [0, 0.1) is 0 Å². The standard InChI is InChI=1S/C21H20NOP/c1-22(2)18-15-13-17(14-16-18)21(23)24(19-9-5-3-6-10-19)20-11-7-4-8-12-20/h3-16H,1-2H3. The molecule has 0 aliphatic carbocycles. The van der Waals surface area contributed by atoms with Crippen molar-refractivity contribution in [1.82, 2.24) is 0 Å². The molecule has 0 bridgehead atoms. The van der Waals surface area contributed by atoms with Crippen LogP contribution in [0.15, 0.2) is 84.9 Å². The Kier molecular flexibility index (Phi) is 5.08. The van der Waals surface area contributed by atoms with E-state index in [2.05, 4.69) is 0 Å². The first-order valence-corrected chi connectivity index (χ1v) is 9.23. The molecular formula is C21H20NOP. The third-order valence-electron chi connectivity index (χ3n) is 3.86. The summed E-state index contributed by atoms with van der Waals surface area (Å²) in [4.78, 5) is 15.3. The third kappa shape index (κ3) is 3.55. The first kappa shape index (κ1) is 16.4. The maximum Gasteiger partial charge on any atom is 0.193 e. The Morgan fingerprint density at radius 2 is 1.17 bits per heavy atom. The van der Waals surface area contributed by atoms with E-state index in [1.54, 1.807) is 0 Å². The van der Waals surface area contributed by atoms with Crippen LogP contribution in [0.5, 0.6) is 0 Å². The van der Waals surface area contributed by atoms with Crippen LogP contribution in [0.1, 0.15) is 10.4 Å². The lowest BCUT2D eigenvalue weighted by Gasteiger charge is -2.18. The van der Waals surface area contributed by atoms with E-state index in [9.17, 15) is 4.79 Å². The van der Waals surface area contributed by atoms with E-state index >= 15 is 0 Å². The van der Waals surface area contributed by atoms with Gasteiger partial charge in [-0.15, -0.1) is 0 Å². The van der Waals surface area contributed by atoms with Crippen molar-refractivity contribution >= 4 is 29.7 Å². The maximum atomic E-state index is 13.2. The molecule has 120 valence electrons. The number of carbonyl (C=O) groups is 1. The van der Waals surface area contributed by atoms with E-state index in [-0.39, 0.29) is 5.52 Å². The maximum absolute atomic E-state index is 13.2. The highest BCUT2D eigenvalue weighted by molar-refractivity contribution is 7.88. The minimum absolute atomic E-state index is 0.188. The number of benzene rings is 3. The molecule has 0 saturated heterocycles. The van der Waals surface area contributed by atoms with Gasteiger partial charge in [0.15, 0.2) is 5.52 Å². The molecule has 0 amide bonds. The summed E-state index contributed by atoms with van der Waals surface area (Å²) in [7, 11) is 2.93. The van der Waals surface area contributed by atoms with Crippen LogP contribution in [0.4, 0.5) is 5.69 Å². The summed E-state index contributed by atoms with van der Waals surface area (Å²) in [5.41, 5.74) is 2.04. The van der Waals surface area contributed by atoms with Gasteiger partial charge in [0.2, 0.25) is 0 Å². The molecule has 0 fully saturated rings. The Hall–Kier alpha value is -2.44. The predicted molar refractivity (Wildman–Crippen MR) is 104 cm³/mol. The second-order valence-electron chi connectivity index (χ2n) is 5.75. The Morgan fingerprint density at radius 3 is 1.58 bits per heavy atom. The van der Waals surface area contributed by atoms with Gasteiger partial charge in [0.05, 0.1) is 0 Å². The fourth-order valence-corrected chi connectivity index (χ4v) is 4.68. The molecule has 0 spiro atoms. The molecule has 0 atom stereocenters. The number of rotatable bonds is 5. The fourth-order valence-electron chi connectivity index (χ4n) is 2.57. The van der Waals surface area contributed by atoms with E-state index in [1.807, 2.05) is 104 Å². The van der Waals surface area contributed by atoms with Gasteiger partial charge in [-0.3, -0.25) is 4.79 Å². The van der Waals surface area contributed by atoms with Crippen LogP contribution in [-0.4, -0.2) is 19.6 Å². The van der Waals surface area contributed by atoms with Crippen LogP contribution < -0.4 is 15.5 Å². The molecule has 0 aliphatic rings. The van der Waals surface area contributed by atoms with E-state index in [0.717, 1.165) is 21.9 Å². The molecule has 0 aromatic heterocycles. The van der Waals surface area contributed by atoms with Crippen LogP contribution in [0.2, 0.25) is 0 Å². The Balaban J connectivity index is 2.01. The summed E-state index contributed by atoms with van der Waals surface area (Å²) < 4.78 is 0. The average molecular weight is 333 g/mol. The van der Waals surface area contributed by atoms with E-state index in [4.69, 9.17) is 0 Å². The van der Waals surface area contributed by atoms with Gasteiger partial charge in [-0.05, 0) is 34.9 Å². The quantitative estimate of drug-likeness (QED) is 0.657. The molecular weight excluding hydrogens is 313 g/mol. The molecule has 0 unspecified atom stereocenters. The molecule has 0 saturated carbocycles. The average Bonchev–Trinajstić information content (AvgIpc) is 2.64. The monoisotopic (exact) mass is 333 g/mol. The summed E-state index contributed by atoms with van der Waals surface area (Å²) in [5, 5.41) is 2.17. The van der Waals surface area contributed by atoms with Crippen LogP contribution in [-0.2, 0) is 0 Å². The second kappa shape index (κ2) is 7.42. The predicted octanol–water partition coefficient (Wildman–Crippen LogP) is 4.03. The molecule has 3 heteroatoms. The van der Waals surface area contributed by atoms with Gasteiger partial charge in [0.25, 0.3) is 0 Å². The fraction of sp³-hybridized carbons (Fsp3) is 0.0952. The topological polar surface area (TPSA) is 20.3 Å². The van der Waals surface area contributed by atoms with Gasteiger partial charge in [0, 0.05) is 33.3 Å². The zero-order valence-electron chi connectivity index (χ0n) is 13.9. The summed E-state index contributed by atoms with van der Waals surface area (Å²) in [6.07, 6.45) is 0. The van der Waals surface area contributed by atoms with Crippen molar-refractivity contribution in [2.24, 2.45) is 0 Å². The molecule has 3 rings (SSSR count). The third-order valence-corrected chi connectivity index (χ3v) is 6.16.